The lowest BCUT2D eigenvalue weighted by atomic mass is 10.1. The lowest BCUT2D eigenvalue weighted by Gasteiger charge is -2.18. The van der Waals surface area contributed by atoms with Gasteiger partial charge in [0.15, 0.2) is 0 Å². The van der Waals surface area contributed by atoms with Gasteiger partial charge in [-0.15, -0.1) is 0 Å². The van der Waals surface area contributed by atoms with E-state index in [0.717, 1.165) is 12.8 Å². The van der Waals surface area contributed by atoms with Crippen LogP contribution in [0.1, 0.15) is 26.7 Å². The van der Waals surface area contributed by atoms with Crippen LogP contribution in [-0.2, 0) is 9.59 Å². The van der Waals surface area contributed by atoms with Crippen LogP contribution in [0.4, 0.5) is 4.79 Å². The Kier molecular flexibility index (Phi) is 5.59. The largest absolute Gasteiger partial charge is 0.480 e. The third-order valence-electron chi connectivity index (χ3n) is 2.88. The summed E-state index contributed by atoms with van der Waals surface area (Å²) in [5.41, 5.74) is 0. The zero-order valence-corrected chi connectivity index (χ0v) is 11.2. The maximum absolute atomic E-state index is 11.5. The van der Waals surface area contributed by atoms with Crippen LogP contribution in [-0.4, -0.2) is 42.1 Å². The molecule has 0 aromatic rings. The van der Waals surface area contributed by atoms with Gasteiger partial charge in [-0.1, -0.05) is 13.8 Å². The van der Waals surface area contributed by atoms with E-state index in [9.17, 15) is 14.4 Å². The maximum atomic E-state index is 11.5. The fourth-order valence-corrected chi connectivity index (χ4v) is 1.56. The van der Waals surface area contributed by atoms with E-state index in [2.05, 4.69) is 16.0 Å². The molecule has 7 heteroatoms. The molecule has 0 spiro atoms. The number of urea groups is 1. The summed E-state index contributed by atoms with van der Waals surface area (Å²) in [6.07, 6.45) is 1.88. The highest BCUT2D eigenvalue weighted by molar-refractivity contribution is 5.83. The lowest BCUT2D eigenvalue weighted by Crippen LogP contribution is -2.49. The molecule has 0 aliphatic heterocycles. The van der Waals surface area contributed by atoms with Crippen molar-refractivity contribution in [3.63, 3.8) is 0 Å². The number of hydrogen-bond donors (Lipinski definition) is 4. The van der Waals surface area contributed by atoms with E-state index in [4.69, 9.17) is 5.11 Å². The number of rotatable bonds is 7. The van der Waals surface area contributed by atoms with E-state index >= 15 is 0 Å². The Morgan fingerprint density at radius 3 is 2.21 bits per heavy atom. The van der Waals surface area contributed by atoms with Crippen LogP contribution in [0.15, 0.2) is 0 Å². The van der Waals surface area contributed by atoms with Gasteiger partial charge in [0.25, 0.3) is 0 Å². The standard InChI is InChI=1S/C12H21N3O4/c1-7(2)9(11(17)18)15-12(19)14-6-5-13-10(16)8-3-4-8/h7-9H,3-6H2,1-2H3,(H,13,16)(H,17,18)(H2,14,15,19)/t9-/m1/s1. The molecule has 1 rings (SSSR count). The molecular weight excluding hydrogens is 250 g/mol. The number of amides is 3. The van der Waals surface area contributed by atoms with Crippen LogP contribution < -0.4 is 16.0 Å². The van der Waals surface area contributed by atoms with Crippen LogP contribution in [0.5, 0.6) is 0 Å². The second-order valence-corrected chi connectivity index (χ2v) is 5.03. The molecule has 3 amide bonds. The van der Waals surface area contributed by atoms with E-state index in [1.165, 1.54) is 0 Å². The first-order valence-corrected chi connectivity index (χ1v) is 6.46. The summed E-state index contributed by atoms with van der Waals surface area (Å²) >= 11 is 0. The molecule has 0 unspecified atom stereocenters. The Hall–Kier alpha value is -1.79. The van der Waals surface area contributed by atoms with Gasteiger partial charge >= 0.3 is 12.0 Å². The average Bonchev–Trinajstić information content (AvgIpc) is 3.14. The van der Waals surface area contributed by atoms with Crippen molar-refractivity contribution in [3.8, 4) is 0 Å². The Labute approximate surface area is 112 Å². The van der Waals surface area contributed by atoms with Gasteiger partial charge in [-0.25, -0.2) is 9.59 Å². The number of carboxylic acid groups (broad SMARTS) is 1. The number of carbonyl (C=O) groups excluding carboxylic acids is 2. The molecule has 1 aliphatic carbocycles. The van der Waals surface area contributed by atoms with Crippen LogP contribution in [0.2, 0.25) is 0 Å². The van der Waals surface area contributed by atoms with E-state index in [1.54, 1.807) is 13.8 Å². The monoisotopic (exact) mass is 271 g/mol. The number of nitrogens with one attached hydrogen (secondary N) is 3. The fraction of sp³-hybridized carbons (Fsp3) is 0.750. The Morgan fingerprint density at radius 1 is 1.16 bits per heavy atom. The molecule has 7 nitrogen and oxygen atoms in total. The number of carbonyl (C=O) groups is 3. The van der Waals surface area contributed by atoms with E-state index < -0.39 is 18.0 Å². The lowest BCUT2D eigenvalue weighted by molar-refractivity contribution is -0.140. The normalized spacial score (nSPS) is 15.7. The summed E-state index contributed by atoms with van der Waals surface area (Å²) in [5, 5.41) is 16.5. The summed E-state index contributed by atoms with van der Waals surface area (Å²) in [4.78, 5) is 33.6. The molecule has 1 aliphatic rings. The van der Waals surface area contributed by atoms with Gasteiger partial charge in [0.2, 0.25) is 5.91 Å². The van der Waals surface area contributed by atoms with Gasteiger partial charge in [-0.05, 0) is 18.8 Å². The van der Waals surface area contributed by atoms with Crippen molar-refractivity contribution >= 4 is 17.9 Å². The summed E-state index contributed by atoms with van der Waals surface area (Å²) in [7, 11) is 0. The third-order valence-corrected chi connectivity index (χ3v) is 2.88. The van der Waals surface area contributed by atoms with Crippen molar-refractivity contribution in [2.75, 3.05) is 13.1 Å². The molecular formula is C12H21N3O4. The first-order valence-electron chi connectivity index (χ1n) is 6.46. The molecule has 0 radical (unpaired) electrons. The minimum Gasteiger partial charge on any atom is -0.480 e. The van der Waals surface area contributed by atoms with Crippen molar-refractivity contribution < 1.29 is 19.5 Å². The molecule has 0 saturated heterocycles. The predicted molar refractivity (Wildman–Crippen MR) is 68.5 cm³/mol. The second kappa shape index (κ2) is 6.96. The van der Waals surface area contributed by atoms with Crippen molar-refractivity contribution in [1.82, 2.24) is 16.0 Å². The third kappa shape index (κ3) is 5.58. The van der Waals surface area contributed by atoms with Gasteiger partial charge in [-0.3, -0.25) is 4.79 Å². The zero-order chi connectivity index (χ0) is 14.4. The molecule has 1 atom stereocenters. The van der Waals surface area contributed by atoms with Crippen molar-refractivity contribution in [2.45, 2.75) is 32.7 Å². The molecule has 0 aromatic carbocycles. The van der Waals surface area contributed by atoms with Crippen LogP contribution in [0.25, 0.3) is 0 Å². The number of hydrogen-bond acceptors (Lipinski definition) is 3. The molecule has 1 fully saturated rings. The summed E-state index contributed by atoms with van der Waals surface area (Å²) in [6.45, 7) is 4.06. The number of carboxylic acids is 1. The van der Waals surface area contributed by atoms with Gasteiger partial charge in [0.05, 0.1) is 0 Å². The molecule has 4 N–H and O–H groups in total. The Morgan fingerprint density at radius 2 is 1.74 bits per heavy atom. The second-order valence-electron chi connectivity index (χ2n) is 5.03. The summed E-state index contributed by atoms with van der Waals surface area (Å²) in [5.74, 6) is -1.09. The van der Waals surface area contributed by atoms with E-state index in [1.807, 2.05) is 0 Å². The summed E-state index contributed by atoms with van der Waals surface area (Å²) < 4.78 is 0. The molecule has 0 heterocycles. The maximum Gasteiger partial charge on any atom is 0.326 e. The quantitative estimate of drug-likeness (QED) is 0.486. The predicted octanol–water partition coefficient (Wildman–Crippen LogP) is -0.0790. The van der Waals surface area contributed by atoms with Gasteiger partial charge in [-0.2, -0.15) is 0 Å². The molecule has 19 heavy (non-hydrogen) atoms. The van der Waals surface area contributed by atoms with Crippen molar-refractivity contribution in [2.24, 2.45) is 11.8 Å². The highest BCUT2D eigenvalue weighted by atomic mass is 16.4. The van der Waals surface area contributed by atoms with Gasteiger partial charge < -0.3 is 21.1 Å². The number of aliphatic carboxylic acids is 1. The smallest absolute Gasteiger partial charge is 0.326 e. The molecule has 0 aromatic heterocycles. The minimum atomic E-state index is -1.06. The van der Waals surface area contributed by atoms with E-state index in [-0.39, 0.29) is 24.3 Å². The Bertz CT molecular complexity index is 353. The molecule has 108 valence electrons. The first-order chi connectivity index (χ1) is 8.91. The van der Waals surface area contributed by atoms with Crippen LogP contribution >= 0.6 is 0 Å². The van der Waals surface area contributed by atoms with Gasteiger partial charge in [0.1, 0.15) is 6.04 Å². The fourth-order valence-electron chi connectivity index (χ4n) is 1.56. The average molecular weight is 271 g/mol. The molecule has 1 saturated carbocycles. The zero-order valence-electron chi connectivity index (χ0n) is 11.2. The topological polar surface area (TPSA) is 108 Å². The highest BCUT2D eigenvalue weighted by Gasteiger charge is 2.29. The summed E-state index contributed by atoms with van der Waals surface area (Å²) in [6, 6.07) is -1.46. The SMILES string of the molecule is CC(C)[C@@H](NC(=O)NCCNC(=O)C1CC1)C(=O)O. The van der Waals surface area contributed by atoms with E-state index in [0.29, 0.717) is 6.54 Å². The van der Waals surface area contributed by atoms with Crippen molar-refractivity contribution in [3.05, 3.63) is 0 Å². The highest BCUT2D eigenvalue weighted by Crippen LogP contribution is 2.28. The van der Waals surface area contributed by atoms with Gasteiger partial charge in [0, 0.05) is 19.0 Å². The van der Waals surface area contributed by atoms with Crippen LogP contribution in [0.3, 0.4) is 0 Å². The Balaban J connectivity index is 2.15. The minimum absolute atomic E-state index is 0.0211. The van der Waals surface area contributed by atoms with Crippen LogP contribution in [0, 0.1) is 11.8 Å². The first kappa shape index (κ1) is 15.3. The van der Waals surface area contributed by atoms with Crippen molar-refractivity contribution in [1.29, 1.82) is 0 Å². The molecule has 0 bridgehead atoms.